The fraction of sp³-hybridized carbons (Fsp3) is 0.412. The van der Waals surface area contributed by atoms with Crippen LogP contribution in [-0.2, 0) is 6.54 Å². The molecular formula is C17H22N4O. The second-order valence-corrected chi connectivity index (χ2v) is 5.68. The molecule has 1 aliphatic rings. The molecule has 2 N–H and O–H groups in total. The number of hydrogen-bond donors (Lipinski definition) is 2. The summed E-state index contributed by atoms with van der Waals surface area (Å²) in [6.45, 7) is 2.62. The Kier molecular flexibility index (Phi) is 4.73. The van der Waals surface area contributed by atoms with Crippen LogP contribution in [-0.4, -0.2) is 29.0 Å². The molecule has 0 aromatic carbocycles. The number of rotatable bonds is 4. The lowest BCUT2D eigenvalue weighted by Crippen LogP contribution is -2.26. The molecular weight excluding hydrogens is 276 g/mol. The molecule has 1 amide bonds. The van der Waals surface area contributed by atoms with E-state index < -0.39 is 0 Å². The number of aromatic nitrogens is 2. The van der Waals surface area contributed by atoms with E-state index in [0.29, 0.717) is 12.1 Å². The van der Waals surface area contributed by atoms with E-state index in [1.165, 1.54) is 25.7 Å². The van der Waals surface area contributed by atoms with Crippen molar-refractivity contribution in [3.8, 4) is 0 Å². The molecule has 3 rings (SSSR count). The maximum atomic E-state index is 12.1. The Morgan fingerprint density at radius 2 is 2.00 bits per heavy atom. The molecule has 1 fully saturated rings. The van der Waals surface area contributed by atoms with Gasteiger partial charge in [0.15, 0.2) is 0 Å². The molecule has 2 aromatic rings. The topological polar surface area (TPSA) is 61.0 Å². The first-order valence-electron chi connectivity index (χ1n) is 7.94. The van der Waals surface area contributed by atoms with Gasteiger partial charge in [-0.1, -0.05) is 12.8 Å². The molecule has 0 unspecified atom stereocenters. The van der Waals surface area contributed by atoms with Gasteiger partial charge in [0.2, 0.25) is 0 Å². The van der Waals surface area contributed by atoms with Crippen LogP contribution in [0.3, 0.4) is 0 Å². The number of aromatic amines is 1. The van der Waals surface area contributed by atoms with E-state index in [1.807, 2.05) is 30.5 Å². The van der Waals surface area contributed by atoms with Crippen molar-refractivity contribution in [1.29, 1.82) is 0 Å². The van der Waals surface area contributed by atoms with Crippen molar-refractivity contribution >= 4 is 11.7 Å². The van der Waals surface area contributed by atoms with E-state index in [0.717, 1.165) is 24.6 Å². The fourth-order valence-electron chi connectivity index (χ4n) is 2.76. The number of hydrogen-bond acceptors (Lipinski definition) is 3. The zero-order valence-electron chi connectivity index (χ0n) is 12.7. The first-order valence-corrected chi connectivity index (χ1v) is 7.94. The summed E-state index contributed by atoms with van der Waals surface area (Å²) >= 11 is 0. The van der Waals surface area contributed by atoms with Crippen molar-refractivity contribution in [1.82, 2.24) is 15.3 Å². The van der Waals surface area contributed by atoms with Crippen molar-refractivity contribution in [2.24, 2.45) is 0 Å². The summed E-state index contributed by atoms with van der Waals surface area (Å²) in [5, 5.41) is 2.89. The van der Waals surface area contributed by atoms with Crippen LogP contribution in [0, 0.1) is 0 Å². The number of pyridine rings is 1. The smallest absolute Gasteiger partial charge is 0.253 e. The van der Waals surface area contributed by atoms with Gasteiger partial charge in [-0.2, -0.15) is 0 Å². The SMILES string of the molecule is O=C(NCc1ccc[nH]1)c1ccc(N2CCCCCC2)nc1. The number of H-pyrrole nitrogens is 1. The Morgan fingerprint density at radius 3 is 2.64 bits per heavy atom. The van der Waals surface area contributed by atoms with Gasteiger partial charge in [-0.15, -0.1) is 0 Å². The largest absolute Gasteiger partial charge is 0.364 e. The summed E-state index contributed by atoms with van der Waals surface area (Å²) in [6, 6.07) is 7.67. The summed E-state index contributed by atoms with van der Waals surface area (Å²) in [4.78, 5) is 21.9. The molecule has 0 spiro atoms. The van der Waals surface area contributed by atoms with Gasteiger partial charge in [0.05, 0.1) is 12.1 Å². The van der Waals surface area contributed by atoms with Crippen molar-refractivity contribution in [3.63, 3.8) is 0 Å². The van der Waals surface area contributed by atoms with Gasteiger partial charge in [0, 0.05) is 31.2 Å². The summed E-state index contributed by atoms with van der Waals surface area (Å²) < 4.78 is 0. The molecule has 3 heterocycles. The van der Waals surface area contributed by atoms with Crippen LogP contribution in [0.15, 0.2) is 36.7 Å². The highest BCUT2D eigenvalue weighted by atomic mass is 16.1. The molecule has 22 heavy (non-hydrogen) atoms. The number of amides is 1. The highest BCUT2D eigenvalue weighted by molar-refractivity contribution is 5.93. The minimum absolute atomic E-state index is 0.0930. The molecule has 0 aliphatic carbocycles. The Bertz CT molecular complexity index is 584. The van der Waals surface area contributed by atoms with Gasteiger partial charge >= 0.3 is 0 Å². The molecule has 1 saturated heterocycles. The van der Waals surface area contributed by atoms with Crippen molar-refractivity contribution in [2.75, 3.05) is 18.0 Å². The van der Waals surface area contributed by atoms with E-state index in [-0.39, 0.29) is 5.91 Å². The maximum Gasteiger partial charge on any atom is 0.253 e. The molecule has 0 bridgehead atoms. The van der Waals surface area contributed by atoms with Crippen LogP contribution in [0.5, 0.6) is 0 Å². The maximum absolute atomic E-state index is 12.1. The van der Waals surface area contributed by atoms with E-state index >= 15 is 0 Å². The monoisotopic (exact) mass is 298 g/mol. The van der Waals surface area contributed by atoms with Crippen molar-refractivity contribution in [3.05, 3.63) is 47.9 Å². The molecule has 0 atom stereocenters. The molecule has 0 saturated carbocycles. The van der Waals surface area contributed by atoms with Gasteiger partial charge in [0.1, 0.15) is 5.82 Å². The standard InChI is InChI=1S/C17H22N4O/c22-17(20-13-15-6-5-9-18-15)14-7-8-16(19-12-14)21-10-3-1-2-4-11-21/h5-9,12,18H,1-4,10-11,13H2,(H,20,22). The quantitative estimate of drug-likeness (QED) is 0.912. The van der Waals surface area contributed by atoms with E-state index in [4.69, 9.17) is 0 Å². The lowest BCUT2D eigenvalue weighted by atomic mass is 10.2. The third-order valence-corrected chi connectivity index (χ3v) is 4.04. The minimum atomic E-state index is -0.0930. The van der Waals surface area contributed by atoms with Crippen molar-refractivity contribution < 1.29 is 4.79 Å². The molecule has 5 heteroatoms. The first-order chi connectivity index (χ1) is 10.8. The molecule has 116 valence electrons. The number of carbonyl (C=O) groups is 1. The van der Waals surface area contributed by atoms with Crippen LogP contribution >= 0.6 is 0 Å². The van der Waals surface area contributed by atoms with Gasteiger partial charge in [0.25, 0.3) is 5.91 Å². The predicted octanol–water partition coefficient (Wildman–Crippen LogP) is 2.72. The van der Waals surface area contributed by atoms with E-state index in [9.17, 15) is 4.79 Å². The summed E-state index contributed by atoms with van der Waals surface area (Å²) in [5.74, 6) is 0.882. The second-order valence-electron chi connectivity index (χ2n) is 5.68. The number of anilines is 1. The van der Waals surface area contributed by atoms with Crippen LogP contribution in [0.25, 0.3) is 0 Å². The summed E-state index contributed by atoms with van der Waals surface area (Å²) in [7, 11) is 0. The molecule has 1 aliphatic heterocycles. The van der Waals surface area contributed by atoms with Crippen LogP contribution in [0.2, 0.25) is 0 Å². The Morgan fingerprint density at radius 1 is 1.18 bits per heavy atom. The number of nitrogens with one attached hydrogen (secondary N) is 2. The summed E-state index contributed by atoms with van der Waals surface area (Å²) in [5.41, 5.74) is 1.59. The molecule has 0 radical (unpaired) electrons. The van der Waals surface area contributed by atoms with Gasteiger partial charge in [-0.05, 0) is 37.1 Å². The van der Waals surface area contributed by atoms with E-state index in [2.05, 4.69) is 20.2 Å². The Hall–Kier alpha value is -2.30. The van der Waals surface area contributed by atoms with Crippen LogP contribution in [0.4, 0.5) is 5.82 Å². The van der Waals surface area contributed by atoms with Gasteiger partial charge in [-0.3, -0.25) is 4.79 Å². The second kappa shape index (κ2) is 7.11. The highest BCUT2D eigenvalue weighted by Gasteiger charge is 2.12. The van der Waals surface area contributed by atoms with Gasteiger partial charge in [-0.25, -0.2) is 4.98 Å². The average Bonchev–Trinajstić information content (AvgIpc) is 2.93. The third-order valence-electron chi connectivity index (χ3n) is 4.04. The lowest BCUT2D eigenvalue weighted by Gasteiger charge is -2.21. The normalized spacial score (nSPS) is 15.4. The third kappa shape index (κ3) is 3.67. The minimum Gasteiger partial charge on any atom is -0.364 e. The number of carbonyl (C=O) groups excluding carboxylic acids is 1. The van der Waals surface area contributed by atoms with Gasteiger partial charge < -0.3 is 15.2 Å². The van der Waals surface area contributed by atoms with E-state index in [1.54, 1.807) is 6.20 Å². The van der Waals surface area contributed by atoms with Crippen LogP contribution in [0.1, 0.15) is 41.7 Å². The average molecular weight is 298 g/mol. The molecule has 2 aromatic heterocycles. The fourth-order valence-corrected chi connectivity index (χ4v) is 2.76. The Labute approximate surface area is 130 Å². The first kappa shape index (κ1) is 14.6. The van der Waals surface area contributed by atoms with Crippen LogP contribution < -0.4 is 10.2 Å². The lowest BCUT2D eigenvalue weighted by molar-refractivity contribution is 0.0950. The zero-order chi connectivity index (χ0) is 15.2. The molecule has 5 nitrogen and oxygen atoms in total. The predicted molar refractivity (Wildman–Crippen MR) is 86.9 cm³/mol. The summed E-state index contributed by atoms with van der Waals surface area (Å²) in [6.07, 6.45) is 8.56. The number of nitrogens with zero attached hydrogens (tertiary/aromatic N) is 2. The Balaban J connectivity index is 1.59. The highest BCUT2D eigenvalue weighted by Crippen LogP contribution is 2.17. The zero-order valence-corrected chi connectivity index (χ0v) is 12.7. The van der Waals surface area contributed by atoms with Crippen molar-refractivity contribution in [2.45, 2.75) is 32.2 Å².